The lowest BCUT2D eigenvalue weighted by molar-refractivity contribution is 0.0930. The number of aromatic nitrogens is 1. The summed E-state index contributed by atoms with van der Waals surface area (Å²) in [4.78, 5) is 21.6. The maximum atomic E-state index is 12.9. The molecular weight excluding hydrogens is 366 g/mol. The van der Waals surface area contributed by atoms with Gasteiger partial charge >= 0.3 is 0 Å². The molecule has 1 aromatic carbocycles. The summed E-state index contributed by atoms with van der Waals surface area (Å²) in [5, 5.41) is 4.39. The predicted octanol–water partition coefficient (Wildman–Crippen LogP) is 4.55. The van der Waals surface area contributed by atoms with Crippen LogP contribution >= 0.6 is 11.3 Å². The van der Waals surface area contributed by atoms with E-state index in [4.69, 9.17) is 0 Å². The Morgan fingerprint density at radius 2 is 2.07 bits per heavy atom. The Labute approximate surface area is 170 Å². The van der Waals surface area contributed by atoms with Crippen LogP contribution in [0.1, 0.15) is 39.7 Å². The fraction of sp³-hybridized carbons (Fsp3) is 0.391. The number of carbonyl (C=O) groups excluding carboxylic acids is 1. The second-order valence-electron chi connectivity index (χ2n) is 7.90. The van der Waals surface area contributed by atoms with Gasteiger partial charge in [-0.2, -0.15) is 0 Å². The number of nitrogens with one attached hydrogen (secondary N) is 1. The van der Waals surface area contributed by atoms with Crippen LogP contribution in [0.3, 0.4) is 0 Å². The van der Waals surface area contributed by atoms with E-state index in [0.29, 0.717) is 5.92 Å². The minimum Gasteiger partial charge on any atom is -0.349 e. The fourth-order valence-electron chi connectivity index (χ4n) is 4.22. The molecule has 1 amide bonds. The minimum atomic E-state index is 0.0360. The number of carbonyl (C=O) groups is 1. The monoisotopic (exact) mass is 393 g/mol. The van der Waals surface area contributed by atoms with E-state index in [1.54, 1.807) is 0 Å². The molecule has 5 heteroatoms. The highest BCUT2D eigenvalue weighted by atomic mass is 32.1. The number of hydrogen-bond acceptors (Lipinski definition) is 4. The summed E-state index contributed by atoms with van der Waals surface area (Å²) in [5.41, 5.74) is 3.58. The average molecular weight is 394 g/mol. The lowest BCUT2D eigenvalue weighted by atomic mass is 10.0. The molecule has 3 heterocycles. The molecule has 1 N–H and O–H groups in total. The molecular formula is C23H27N3OS. The Morgan fingerprint density at radius 1 is 1.29 bits per heavy atom. The van der Waals surface area contributed by atoms with Crippen molar-refractivity contribution in [1.82, 2.24) is 15.2 Å². The number of hydrogen-bond donors (Lipinski definition) is 1. The molecule has 146 valence electrons. The average Bonchev–Trinajstić information content (AvgIpc) is 3.28. The van der Waals surface area contributed by atoms with E-state index in [9.17, 15) is 4.79 Å². The minimum absolute atomic E-state index is 0.0360. The van der Waals surface area contributed by atoms with Gasteiger partial charge in [-0.1, -0.05) is 30.3 Å². The zero-order chi connectivity index (χ0) is 19.7. The van der Waals surface area contributed by atoms with E-state index in [1.165, 1.54) is 22.5 Å². The summed E-state index contributed by atoms with van der Waals surface area (Å²) in [6.45, 7) is 9.35. The van der Waals surface area contributed by atoms with Crippen molar-refractivity contribution >= 4 is 27.5 Å². The van der Waals surface area contributed by atoms with Gasteiger partial charge in [0.15, 0.2) is 0 Å². The molecule has 0 unspecified atom stereocenters. The van der Waals surface area contributed by atoms with Crippen molar-refractivity contribution < 1.29 is 4.79 Å². The number of thiophene rings is 1. The summed E-state index contributed by atoms with van der Waals surface area (Å²) in [7, 11) is 0. The van der Waals surface area contributed by atoms with Gasteiger partial charge in [0.25, 0.3) is 5.91 Å². The van der Waals surface area contributed by atoms with E-state index < -0.39 is 0 Å². The molecule has 0 radical (unpaired) electrons. The molecule has 1 aliphatic heterocycles. The highest BCUT2D eigenvalue weighted by molar-refractivity contribution is 7.20. The lowest BCUT2D eigenvalue weighted by Gasteiger charge is -2.21. The Bertz CT molecular complexity index is 982. The van der Waals surface area contributed by atoms with Gasteiger partial charge in [0.1, 0.15) is 4.83 Å². The first kappa shape index (κ1) is 19.1. The van der Waals surface area contributed by atoms with E-state index >= 15 is 0 Å². The number of benzene rings is 1. The fourth-order valence-corrected chi connectivity index (χ4v) is 5.35. The molecule has 0 spiro atoms. The van der Waals surface area contributed by atoms with Crippen LogP contribution in [-0.4, -0.2) is 34.9 Å². The lowest BCUT2D eigenvalue weighted by Crippen LogP contribution is -2.39. The largest absolute Gasteiger partial charge is 0.349 e. The molecule has 0 aliphatic carbocycles. The molecule has 1 fully saturated rings. The van der Waals surface area contributed by atoms with Crippen LogP contribution in [0, 0.1) is 19.8 Å². The van der Waals surface area contributed by atoms with Gasteiger partial charge in [-0.25, -0.2) is 4.98 Å². The second kappa shape index (κ2) is 8.02. The smallest absolute Gasteiger partial charge is 0.261 e. The predicted molar refractivity (Wildman–Crippen MR) is 116 cm³/mol. The Balaban J connectivity index is 1.40. The number of amides is 1. The van der Waals surface area contributed by atoms with Crippen LogP contribution in [0.5, 0.6) is 0 Å². The van der Waals surface area contributed by atoms with Gasteiger partial charge < -0.3 is 5.32 Å². The standard InChI is InChI=1S/C23H27N3OS/c1-15-9-11-24-23-20(15)16(2)21(28-23)22(27)25-17(3)19-10-12-26(14-19)13-18-7-5-4-6-8-18/h4-9,11,17,19H,10,12-14H2,1-3H3,(H,25,27)/t17-,19+/m1/s1. The molecule has 0 saturated carbocycles. The van der Waals surface area contributed by atoms with Crippen molar-refractivity contribution in [2.24, 2.45) is 5.92 Å². The molecule has 2 aromatic heterocycles. The highest BCUT2D eigenvalue weighted by Crippen LogP contribution is 2.31. The maximum absolute atomic E-state index is 12.9. The third-order valence-electron chi connectivity index (χ3n) is 5.87. The van der Waals surface area contributed by atoms with Crippen LogP contribution < -0.4 is 5.32 Å². The summed E-state index contributed by atoms with van der Waals surface area (Å²) in [6, 6.07) is 12.8. The van der Waals surface area contributed by atoms with E-state index in [1.807, 2.05) is 19.2 Å². The first-order valence-corrected chi connectivity index (χ1v) is 10.8. The SMILES string of the molecule is Cc1ccnc2sc(C(=O)N[C@H](C)[C@H]3CCN(Cc4ccccc4)C3)c(C)c12. The van der Waals surface area contributed by atoms with E-state index in [2.05, 4.69) is 59.4 Å². The number of nitrogens with zero attached hydrogens (tertiary/aromatic N) is 2. The zero-order valence-electron chi connectivity index (χ0n) is 16.7. The van der Waals surface area contributed by atoms with Crippen LogP contribution in [0.15, 0.2) is 42.6 Å². The second-order valence-corrected chi connectivity index (χ2v) is 8.89. The van der Waals surface area contributed by atoms with E-state index in [-0.39, 0.29) is 11.9 Å². The van der Waals surface area contributed by atoms with Crippen molar-refractivity contribution in [1.29, 1.82) is 0 Å². The number of rotatable bonds is 5. The van der Waals surface area contributed by atoms with E-state index in [0.717, 1.165) is 46.7 Å². The van der Waals surface area contributed by atoms with Crippen LogP contribution in [0.2, 0.25) is 0 Å². The van der Waals surface area contributed by atoms with Gasteiger partial charge in [-0.3, -0.25) is 9.69 Å². The van der Waals surface area contributed by atoms with Crippen LogP contribution in [0.25, 0.3) is 10.2 Å². The molecule has 3 aromatic rings. The molecule has 4 rings (SSSR count). The first-order valence-electron chi connectivity index (χ1n) is 9.94. The Morgan fingerprint density at radius 3 is 2.82 bits per heavy atom. The first-order chi connectivity index (χ1) is 13.5. The zero-order valence-corrected chi connectivity index (χ0v) is 17.6. The van der Waals surface area contributed by atoms with Gasteiger partial charge in [-0.15, -0.1) is 11.3 Å². The number of likely N-dealkylation sites (tertiary alicyclic amines) is 1. The molecule has 1 aliphatic rings. The molecule has 0 bridgehead atoms. The number of fused-ring (bicyclic) bond motifs is 1. The molecule has 28 heavy (non-hydrogen) atoms. The third kappa shape index (κ3) is 3.82. The number of pyridine rings is 1. The van der Waals surface area contributed by atoms with Gasteiger partial charge in [0.05, 0.1) is 4.88 Å². The summed E-state index contributed by atoms with van der Waals surface area (Å²) in [6.07, 6.45) is 2.94. The quantitative estimate of drug-likeness (QED) is 0.691. The Hall–Kier alpha value is -2.24. The topological polar surface area (TPSA) is 45.2 Å². The van der Waals surface area contributed by atoms with Crippen LogP contribution in [0.4, 0.5) is 0 Å². The molecule has 2 atom stereocenters. The normalized spacial score (nSPS) is 18.5. The number of aryl methyl sites for hydroxylation is 2. The van der Waals surface area contributed by atoms with Crippen molar-refractivity contribution in [2.75, 3.05) is 13.1 Å². The van der Waals surface area contributed by atoms with Crippen molar-refractivity contribution in [3.05, 3.63) is 64.2 Å². The molecule has 4 nitrogen and oxygen atoms in total. The van der Waals surface area contributed by atoms with Gasteiger partial charge in [0, 0.05) is 30.7 Å². The Kier molecular flexibility index (Phi) is 5.47. The van der Waals surface area contributed by atoms with Crippen molar-refractivity contribution in [3.8, 4) is 0 Å². The summed E-state index contributed by atoms with van der Waals surface area (Å²) >= 11 is 1.50. The highest BCUT2D eigenvalue weighted by Gasteiger charge is 2.29. The molecule has 1 saturated heterocycles. The summed E-state index contributed by atoms with van der Waals surface area (Å²) in [5.74, 6) is 0.524. The van der Waals surface area contributed by atoms with Crippen molar-refractivity contribution in [3.63, 3.8) is 0 Å². The van der Waals surface area contributed by atoms with Crippen molar-refractivity contribution in [2.45, 2.75) is 39.8 Å². The van der Waals surface area contributed by atoms with Crippen LogP contribution in [-0.2, 0) is 6.54 Å². The van der Waals surface area contributed by atoms with Gasteiger partial charge in [-0.05, 0) is 62.4 Å². The maximum Gasteiger partial charge on any atom is 0.261 e. The van der Waals surface area contributed by atoms with Gasteiger partial charge in [0.2, 0.25) is 0 Å². The summed E-state index contributed by atoms with van der Waals surface area (Å²) < 4.78 is 0. The third-order valence-corrected chi connectivity index (χ3v) is 7.07.